The molecule has 0 aromatic heterocycles. The number of hydrogen-bond acceptors (Lipinski definition) is 4. The lowest BCUT2D eigenvalue weighted by Gasteiger charge is -2.29. The molecule has 0 bridgehead atoms. The largest absolute Gasteiger partial charge is 0.351 e. The molecule has 0 aromatic carbocycles. The summed E-state index contributed by atoms with van der Waals surface area (Å²) in [4.78, 5) is 12.3. The molecule has 20 heavy (non-hydrogen) atoms. The molecule has 0 aromatic rings. The van der Waals surface area contributed by atoms with Gasteiger partial charge in [-0.15, -0.1) is 0 Å². The van der Waals surface area contributed by atoms with Gasteiger partial charge in [0.05, 0.1) is 5.25 Å². The molecule has 0 radical (unpaired) electrons. The van der Waals surface area contributed by atoms with E-state index in [4.69, 9.17) is 5.73 Å². The van der Waals surface area contributed by atoms with E-state index in [1.165, 1.54) is 0 Å². The first-order chi connectivity index (χ1) is 9.30. The van der Waals surface area contributed by atoms with Crippen LogP contribution in [0.25, 0.3) is 0 Å². The van der Waals surface area contributed by atoms with Gasteiger partial charge in [-0.05, 0) is 25.7 Å². The van der Waals surface area contributed by atoms with Gasteiger partial charge in [0.25, 0.3) is 0 Å². The third-order valence-electron chi connectivity index (χ3n) is 3.98. The molecule has 3 N–H and O–H groups in total. The van der Waals surface area contributed by atoms with Crippen LogP contribution < -0.4 is 11.1 Å². The number of sulfone groups is 1. The van der Waals surface area contributed by atoms with Crippen LogP contribution in [0.4, 0.5) is 0 Å². The monoisotopic (exact) mass is 304 g/mol. The molecule has 0 spiro atoms. The van der Waals surface area contributed by atoms with Crippen LogP contribution in [0, 0.1) is 5.92 Å². The number of nitrogens with one attached hydrogen (secondary N) is 1. The SMILES string of the molecule is CC(C)C(C(=O)N[C@@H](C)CN)S(=O)(=O)C1CCCCC1. The molecule has 6 heteroatoms. The normalized spacial score (nSPS) is 20.6. The van der Waals surface area contributed by atoms with Crippen molar-refractivity contribution in [3.8, 4) is 0 Å². The number of rotatable bonds is 6. The second-order valence-electron chi connectivity index (χ2n) is 6.16. The Morgan fingerprint density at radius 2 is 1.75 bits per heavy atom. The topological polar surface area (TPSA) is 89.3 Å². The fourth-order valence-corrected chi connectivity index (χ4v) is 5.35. The van der Waals surface area contributed by atoms with Gasteiger partial charge in [0, 0.05) is 12.6 Å². The van der Waals surface area contributed by atoms with Crippen LogP contribution in [0.15, 0.2) is 0 Å². The van der Waals surface area contributed by atoms with Gasteiger partial charge >= 0.3 is 0 Å². The maximum absolute atomic E-state index is 12.7. The third-order valence-corrected chi connectivity index (χ3v) is 6.84. The highest BCUT2D eigenvalue weighted by Crippen LogP contribution is 2.29. The lowest BCUT2D eigenvalue weighted by Crippen LogP contribution is -2.50. The van der Waals surface area contributed by atoms with E-state index in [2.05, 4.69) is 5.32 Å². The van der Waals surface area contributed by atoms with Crippen LogP contribution in [0.3, 0.4) is 0 Å². The Morgan fingerprint density at radius 1 is 1.20 bits per heavy atom. The minimum Gasteiger partial charge on any atom is -0.351 e. The van der Waals surface area contributed by atoms with Gasteiger partial charge < -0.3 is 11.1 Å². The molecule has 0 aliphatic heterocycles. The number of carbonyl (C=O) groups excluding carboxylic acids is 1. The fraction of sp³-hybridized carbons (Fsp3) is 0.929. The standard InChI is InChI=1S/C14H28N2O3S/c1-10(2)13(14(17)16-11(3)9-15)20(18,19)12-7-5-4-6-8-12/h10-13H,4-9,15H2,1-3H3,(H,16,17)/t11-,13?/m0/s1. The van der Waals surface area contributed by atoms with Crippen LogP contribution in [0.2, 0.25) is 0 Å². The lowest BCUT2D eigenvalue weighted by atomic mass is 10.0. The first-order valence-electron chi connectivity index (χ1n) is 7.53. The minimum absolute atomic E-state index is 0.203. The van der Waals surface area contributed by atoms with Gasteiger partial charge in [-0.2, -0.15) is 0 Å². The number of hydrogen-bond donors (Lipinski definition) is 2. The Balaban J connectivity index is 2.91. The molecule has 0 saturated heterocycles. The average molecular weight is 304 g/mol. The number of amides is 1. The maximum atomic E-state index is 12.7. The molecule has 1 rings (SSSR count). The summed E-state index contributed by atoms with van der Waals surface area (Å²) in [6.07, 6.45) is 4.34. The number of nitrogens with two attached hydrogens (primary N) is 1. The molecule has 5 nitrogen and oxygen atoms in total. The zero-order chi connectivity index (χ0) is 15.3. The van der Waals surface area contributed by atoms with E-state index in [-0.39, 0.29) is 17.2 Å². The zero-order valence-corrected chi connectivity index (χ0v) is 13.6. The highest BCUT2D eigenvalue weighted by atomic mass is 32.2. The third kappa shape index (κ3) is 4.19. The molecule has 1 aliphatic carbocycles. The summed E-state index contributed by atoms with van der Waals surface area (Å²) in [6, 6.07) is -0.203. The summed E-state index contributed by atoms with van der Waals surface area (Å²) in [5, 5.41) is 1.40. The van der Waals surface area contributed by atoms with Crippen molar-refractivity contribution in [1.29, 1.82) is 0 Å². The van der Waals surface area contributed by atoms with Crippen LogP contribution in [0.1, 0.15) is 52.9 Å². The van der Waals surface area contributed by atoms with Crippen LogP contribution in [0.5, 0.6) is 0 Å². The summed E-state index contributed by atoms with van der Waals surface area (Å²) in [6.45, 7) is 5.66. The van der Waals surface area contributed by atoms with Gasteiger partial charge in [-0.1, -0.05) is 33.1 Å². The first-order valence-corrected chi connectivity index (χ1v) is 9.14. The second kappa shape index (κ2) is 7.41. The lowest BCUT2D eigenvalue weighted by molar-refractivity contribution is -0.121. The Labute approximate surface area is 122 Å². The zero-order valence-electron chi connectivity index (χ0n) is 12.8. The van der Waals surface area contributed by atoms with E-state index in [9.17, 15) is 13.2 Å². The van der Waals surface area contributed by atoms with Gasteiger partial charge in [0.1, 0.15) is 5.25 Å². The maximum Gasteiger partial charge on any atom is 0.238 e. The minimum atomic E-state index is -3.43. The van der Waals surface area contributed by atoms with Gasteiger partial charge in [0.15, 0.2) is 9.84 Å². The summed E-state index contributed by atoms with van der Waals surface area (Å²) in [7, 11) is -3.43. The summed E-state index contributed by atoms with van der Waals surface area (Å²) in [5.74, 6) is -0.629. The van der Waals surface area contributed by atoms with Crippen molar-refractivity contribution in [2.45, 2.75) is 69.4 Å². The fourth-order valence-electron chi connectivity index (χ4n) is 2.82. The van der Waals surface area contributed by atoms with Crippen molar-refractivity contribution in [3.05, 3.63) is 0 Å². The van der Waals surface area contributed by atoms with Crippen molar-refractivity contribution in [1.82, 2.24) is 5.32 Å². The molecular weight excluding hydrogens is 276 g/mol. The average Bonchev–Trinajstić information content (AvgIpc) is 2.38. The summed E-state index contributed by atoms with van der Waals surface area (Å²) < 4.78 is 25.5. The van der Waals surface area contributed by atoms with Gasteiger partial charge in [0.2, 0.25) is 5.91 Å². The highest BCUT2D eigenvalue weighted by Gasteiger charge is 2.41. The van der Waals surface area contributed by atoms with E-state index in [1.807, 2.05) is 0 Å². The van der Waals surface area contributed by atoms with Crippen molar-refractivity contribution in [2.75, 3.05) is 6.54 Å². The molecular formula is C14H28N2O3S. The van der Waals surface area contributed by atoms with E-state index < -0.39 is 21.0 Å². The predicted molar refractivity (Wildman–Crippen MR) is 81.1 cm³/mol. The molecule has 1 unspecified atom stereocenters. The smallest absolute Gasteiger partial charge is 0.238 e. The molecule has 1 aliphatic rings. The van der Waals surface area contributed by atoms with Crippen molar-refractivity contribution in [3.63, 3.8) is 0 Å². The van der Waals surface area contributed by atoms with E-state index in [1.54, 1.807) is 20.8 Å². The quantitative estimate of drug-likeness (QED) is 0.772. The molecule has 1 saturated carbocycles. The highest BCUT2D eigenvalue weighted by molar-refractivity contribution is 7.93. The Kier molecular flexibility index (Phi) is 6.45. The molecule has 118 valence electrons. The van der Waals surface area contributed by atoms with Gasteiger partial charge in [-0.25, -0.2) is 8.42 Å². The Hall–Kier alpha value is -0.620. The Bertz CT molecular complexity index is 414. The van der Waals surface area contributed by atoms with Crippen LogP contribution in [-0.4, -0.2) is 37.4 Å². The molecule has 1 amide bonds. The number of carbonyl (C=O) groups is 1. The summed E-state index contributed by atoms with van der Waals surface area (Å²) in [5.41, 5.74) is 5.48. The van der Waals surface area contributed by atoms with Gasteiger partial charge in [-0.3, -0.25) is 4.79 Å². The Morgan fingerprint density at radius 3 is 2.20 bits per heavy atom. The van der Waals surface area contributed by atoms with E-state index in [0.29, 0.717) is 19.4 Å². The predicted octanol–water partition coefficient (Wildman–Crippen LogP) is 1.22. The van der Waals surface area contributed by atoms with Crippen molar-refractivity contribution in [2.24, 2.45) is 11.7 Å². The first kappa shape index (κ1) is 17.4. The van der Waals surface area contributed by atoms with Crippen molar-refractivity contribution < 1.29 is 13.2 Å². The second-order valence-corrected chi connectivity index (χ2v) is 8.51. The summed E-state index contributed by atoms with van der Waals surface area (Å²) >= 11 is 0. The van der Waals surface area contributed by atoms with Crippen molar-refractivity contribution >= 4 is 15.7 Å². The van der Waals surface area contributed by atoms with E-state index in [0.717, 1.165) is 19.3 Å². The molecule has 0 heterocycles. The van der Waals surface area contributed by atoms with Crippen LogP contribution >= 0.6 is 0 Å². The van der Waals surface area contributed by atoms with Crippen LogP contribution in [-0.2, 0) is 14.6 Å². The van der Waals surface area contributed by atoms with E-state index >= 15 is 0 Å². The molecule has 2 atom stereocenters. The molecule has 1 fully saturated rings.